The molecule has 0 unspecified atom stereocenters. The molecular weight excluding hydrogens is 370 g/mol. The number of hydrogen-bond acceptors (Lipinski definition) is 3. The van der Waals surface area contributed by atoms with Crippen molar-refractivity contribution in [1.82, 2.24) is 9.80 Å². The second-order valence-electron chi connectivity index (χ2n) is 7.34. The summed E-state index contributed by atoms with van der Waals surface area (Å²) < 4.78 is 0. The minimum Gasteiger partial charge on any atom is -0.478 e. The first-order valence-corrected chi connectivity index (χ1v) is 9.56. The molecule has 3 rings (SSSR count). The van der Waals surface area contributed by atoms with Gasteiger partial charge in [-0.25, -0.2) is 9.59 Å². The van der Waals surface area contributed by atoms with E-state index in [9.17, 15) is 14.4 Å². The third-order valence-corrected chi connectivity index (χ3v) is 5.10. The van der Waals surface area contributed by atoms with Crippen molar-refractivity contribution in [2.75, 3.05) is 18.9 Å². The number of aryl methyl sites for hydroxylation is 1. The third kappa shape index (κ3) is 4.93. The van der Waals surface area contributed by atoms with Gasteiger partial charge in [0.1, 0.15) is 6.04 Å². The zero-order chi connectivity index (χ0) is 21.0. The smallest absolute Gasteiger partial charge is 0.335 e. The summed E-state index contributed by atoms with van der Waals surface area (Å²) in [4.78, 5) is 39.8. The number of carboxylic acid groups (broad SMARTS) is 1. The van der Waals surface area contributed by atoms with Crippen molar-refractivity contribution in [2.45, 2.75) is 32.4 Å². The normalized spacial score (nSPS) is 15.8. The molecule has 7 nitrogen and oxygen atoms in total. The molecule has 0 spiro atoms. The van der Waals surface area contributed by atoms with Crippen LogP contribution < -0.4 is 5.32 Å². The van der Waals surface area contributed by atoms with E-state index in [1.165, 1.54) is 24.3 Å². The van der Waals surface area contributed by atoms with Crippen LogP contribution in [0.4, 0.5) is 10.5 Å². The van der Waals surface area contributed by atoms with E-state index < -0.39 is 12.0 Å². The van der Waals surface area contributed by atoms with E-state index in [0.29, 0.717) is 25.2 Å². The van der Waals surface area contributed by atoms with Crippen LogP contribution in [0.1, 0.15) is 34.3 Å². The number of carboxylic acids is 1. The predicted molar refractivity (Wildman–Crippen MR) is 110 cm³/mol. The summed E-state index contributed by atoms with van der Waals surface area (Å²) in [7, 11) is 1.75. The van der Waals surface area contributed by atoms with E-state index in [2.05, 4.69) is 5.32 Å². The number of nitrogens with zero attached hydrogens (tertiary/aromatic N) is 2. The Morgan fingerprint density at radius 1 is 1.10 bits per heavy atom. The highest BCUT2D eigenvalue weighted by Crippen LogP contribution is 2.21. The minimum absolute atomic E-state index is 0.0838. The van der Waals surface area contributed by atoms with Crippen molar-refractivity contribution >= 4 is 23.6 Å². The topological polar surface area (TPSA) is 90.0 Å². The number of likely N-dealkylation sites (tertiary alicyclic amines) is 1. The molecule has 1 fully saturated rings. The Labute approximate surface area is 169 Å². The number of urea groups is 1. The molecule has 29 heavy (non-hydrogen) atoms. The lowest BCUT2D eigenvalue weighted by atomic mass is 10.1. The van der Waals surface area contributed by atoms with Gasteiger partial charge in [0.2, 0.25) is 5.91 Å². The maximum Gasteiger partial charge on any atom is 0.335 e. The monoisotopic (exact) mass is 395 g/mol. The highest BCUT2D eigenvalue weighted by atomic mass is 16.4. The summed E-state index contributed by atoms with van der Waals surface area (Å²) in [5.41, 5.74) is 2.85. The van der Waals surface area contributed by atoms with Gasteiger partial charge in [0, 0.05) is 25.8 Å². The number of carbonyl (C=O) groups is 3. The maximum absolute atomic E-state index is 12.9. The van der Waals surface area contributed by atoms with E-state index in [1.54, 1.807) is 16.8 Å². The predicted octanol–water partition coefficient (Wildman–Crippen LogP) is 3.35. The summed E-state index contributed by atoms with van der Waals surface area (Å²) in [6.07, 6.45) is 1.39. The molecule has 1 aliphatic rings. The van der Waals surface area contributed by atoms with Gasteiger partial charge in [0.25, 0.3) is 0 Å². The van der Waals surface area contributed by atoms with Crippen molar-refractivity contribution in [3.63, 3.8) is 0 Å². The van der Waals surface area contributed by atoms with E-state index in [1.807, 2.05) is 31.2 Å². The second-order valence-corrected chi connectivity index (χ2v) is 7.34. The van der Waals surface area contributed by atoms with Crippen LogP contribution in [0.15, 0.2) is 48.5 Å². The van der Waals surface area contributed by atoms with Crippen molar-refractivity contribution in [3.05, 3.63) is 65.2 Å². The van der Waals surface area contributed by atoms with Crippen molar-refractivity contribution in [3.8, 4) is 0 Å². The lowest BCUT2D eigenvalue weighted by Gasteiger charge is -2.28. The van der Waals surface area contributed by atoms with Crippen molar-refractivity contribution < 1.29 is 19.5 Å². The molecule has 1 atom stereocenters. The first-order valence-electron chi connectivity index (χ1n) is 9.56. The van der Waals surface area contributed by atoms with E-state index in [4.69, 9.17) is 5.11 Å². The molecule has 1 aliphatic heterocycles. The zero-order valence-electron chi connectivity index (χ0n) is 16.6. The van der Waals surface area contributed by atoms with E-state index >= 15 is 0 Å². The first kappa shape index (κ1) is 20.4. The van der Waals surface area contributed by atoms with E-state index in [0.717, 1.165) is 17.5 Å². The van der Waals surface area contributed by atoms with Crippen LogP contribution in [0.2, 0.25) is 0 Å². The van der Waals surface area contributed by atoms with Gasteiger partial charge in [-0.05, 0) is 49.6 Å². The number of nitrogens with one attached hydrogen (secondary N) is 1. The van der Waals surface area contributed by atoms with Gasteiger partial charge in [-0.15, -0.1) is 0 Å². The summed E-state index contributed by atoms with van der Waals surface area (Å²) >= 11 is 0. The number of carbonyl (C=O) groups excluding carboxylic acids is 2. The Hall–Kier alpha value is -3.35. The fourth-order valence-electron chi connectivity index (χ4n) is 3.46. The van der Waals surface area contributed by atoms with Crippen LogP contribution in [0.5, 0.6) is 0 Å². The molecule has 0 bridgehead atoms. The largest absolute Gasteiger partial charge is 0.478 e. The SMILES string of the molecule is Cc1ccc(CN(C)C(=O)[C@H]2CCCN2C(=O)Nc2ccc(C(=O)O)cc2)cc1. The number of aromatic carboxylic acids is 1. The molecule has 1 heterocycles. The molecule has 2 N–H and O–H groups in total. The van der Waals surface area contributed by atoms with Crippen LogP contribution in [0, 0.1) is 6.92 Å². The molecular formula is C22H25N3O4. The van der Waals surface area contributed by atoms with Crippen molar-refractivity contribution in [2.24, 2.45) is 0 Å². The highest BCUT2D eigenvalue weighted by molar-refractivity contribution is 5.95. The van der Waals surface area contributed by atoms with Gasteiger partial charge in [0.05, 0.1) is 5.56 Å². The Balaban J connectivity index is 1.63. The standard InChI is InChI=1S/C22H25N3O4/c1-15-5-7-16(8-6-15)14-24(2)20(26)19-4-3-13-25(19)22(29)23-18-11-9-17(10-12-18)21(27)28/h5-12,19H,3-4,13-14H2,1-2H3,(H,23,29)(H,27,28)/t19-/m1/s1. The summed E-state index contributed by atoms with van der Waals surface area (Å²) in [6.45, 7) is 3.01. The molecule has 2 aromatic rings. The maximum atomic E-state index is 12.9. The van der Waals surface area contributed by atoms with Crippen LogP contribution in [-0.4, -0.2) is 52.4 Å². The average Bonchev–Trinajstić information content (AvgIpc) is 3.19. The molecule has 3 amide bonds. The van der Waals surface area contributed by atoms with Crippen LogP contribution >= 0.6 is 0 Å². The lowest BCUT2D eigenvalue weighted by Crippen LogP contribution is -2.47. The Morgan fingerprint density at radius 2 is 1.76 bits per heavy atom. The van der Waals surface area contributed by atoms with Gasteiger partial charge < -0.3 is 20.2 Å². The second kappa shape index (κ2) is 8.77. The summed E-state index contributed by atoms with van der Waals surface area (Å²) in [5.74, 6) is -1.11. The average molecular weight is 395 g/mol. The first-order chi connectivity index (χ1) is 13.8. The molecule has 2 aromatic carbocycles. The van der Waals surface area contributed by atoms with Gasteiger partial charge in [-0.1, -0.05) is 29.8 Å². The zero-order valence-corrected chi connectivity index (χ0v) is 16.6. The fourth-order valence-corrected chi connectivity index (χ4v) is 3.46. The number of hydrogen-bond donors (Lipinski definition) is 2. The minimum atomic E-state index is -1.02. The quantitative estimate of drug-likeness (QED) is 0.812. The molecule has 0 aliphatic carbocycles. The van der Waals surface area contributed by atoms with Gasteiger partial charge in [-0.2, -0.15) is 0 Å². The number of likely N-dealkylation sites (N-methyl/N-ethyl adjacent to an activating group) is 1. The Morgan fingerprint density at radius 3 is 2.38 bits per heavy atom. The molecule has 0 saturated carbocycles. The molecule has 1 saturated heterocycles. The summed E-state index contributed by atoms with van der Waals surface area (Å²) in [6, 6.07) is 13.1. The Bertz CT molecular complexity index is 893. The van der Waals surface area contributed by atoms with Gasteiger partial charge in [0.15, 0.2) is 0 Å². The third-order valence-electron chi connectivity index (χ3n) is 5.10. The molecule has 0 aromatic heterocycles. The van der Waals surface area contributed by atoms with Gasteiger partial charge >= 0.3 is 12.0 Å². The summed E-state index contributed by atoms with van der Waals surface area (Å²) in [5, 5.41) is 11.7. The van der Waals surface area contributed by atoms with E-state index in [-0.39, 0.29) is 17.5 Å². The molecule has 7 heteroatoms. The van der Waals surface area contributed by atoms with Crippen LogP contribution in [-0.2, 0) is 11.3 Å². The van der Waals surface area contributed by atoms with Crippen LogP contribution in [0.3, 0.4) is 0 Å². The number of amides is 3. The number of anilines is 1. The van der Waals surface area contributed by atoms with Crippen LogP contribution in [0.25, 0.3) is 0 Å². The fraction of sp³-hybridized carbons (Fsp3) is 0.318. The van der Waals surface area contributed by atoms with Gasteiger partial charge in [-0.3, -0.25) is 4.79 Å². The Kier molecular flexibility index (Phi) is 6.16. The molecule has 0 radical (unpaired) electrons. The molecule has 152 valence electrons. The highest BCUT2D eigenvalue weighted by Gasteiger charge is 2.35. The number of rotatable bonds is 5. The lowest BCUT2D eigenvalue weighted by molar-refractivity contribution is -0.134. The van der Waals surface area contributed by atoms with Crippen molar-refractivity contribution in [1.29, 1.82) is 0 Å². The number of benzene rings is 2.